The molecule has 6 heteroatoms. The Bertz CT molecular complexity index is 1230. The number of aromatic nitrogens is 4. The highest BCUT2D eigenvalue weighted by molar-refractivity contribution is 7.17. The lowest BCUT2D eigenvalue weighted by molar-refractivity contribution is 0.865. The summed E-state index contributed by atoms with van der Waals surface area (Å²) in [4.78, 5) is 9.87. The van der Waals surface area contributed by atoms with Crippen molar-refractivity contribution in [1.82, 2.24) is 19.7 Å². The summed E-state index contributed by atoms with van der Waals surface area (Å²) in [6, 6.07) is 22.1. The van der Waals surface area contributed by atoms with Crippen molar-refractivity contribution in [3.8, 4) is 28.2 Å². The van der Waals surface area contributed by atoms with Crippen LogP contribution in [0.25, 0.3) is 38.4 Å². The van der Waals surface area contributed by atoms with Crippen LogP contribution in [-0.4, -0.2) is 19.7 Å². The molecule has 3 heterocycles. The van der Waals surface area contributed by atoms with Crippen LogP contribution in [0.2, 0.25) is 0 Å². The minimum absolute atomic E-state index is 0.541. The molecule has 5 aromatic rings. The third kappa shape index (κ3) is 2.67. The quantitative estimate of drug-likeness (QED) is 0.496. The number of benzene rings is 2. The molecule has 27 heavy (non-hydrogen) atoms. The van der Waals surface area contributed by atoms with Gasteiger partial charge >= 0.3 is 0 Å². The van der Waals surface area contributed by atoms with Crippen molar-refractivity contribution in [3.63, 3.8) is 0 Å². The fourth-order valence-electron chi connectivity index (χ4n) is 3.17. The number of nitrogens with zero attached hydrogens (tertiary/aromatic N) is 4. The van der Waals surface area contributed by atoms with Crippen LogP contribution in [0.4, 0.5) is 5.82 Å². The van der Waals surface area contributed by atoms with Gasteiger partial charge in [0.25, 0.3) is 0 Å². The van der Waals surface area contributed by atoms with Crippen LogP contribution in [0, 0.1) is 0 Å². The molecule has 3 aromatic heterocycles. The summed E-state index contributed by atoms with van der Waals surface area (Å²) < 4.78 is 1.70. The Morgan fingerprint density at radius 3 is 2.30 bits per heavy atom. The maximum atomic E-state index is 6.30. The number of nitrogen functional groups attached to an aromatic ring is 1. The molecule has 0 radical (unpaired) electrons. The van der Waals surface area contributed by atoms with E-state index in [1.165, 1.54) is 0 Å². The van der Waals surface area contributed by atoms with Gasteiger partial charge in [0.05, 0.1) is 11.1 Å². The summed E-state index contributed by atoms with van der Waals surface area (Å²) in [6.45, 7) is 0. The Hall–Kier alpha value is -3.51. The first-order valence-corrected chi connectivity index (χ1v) is 9.38. The monoisotopic (exact) mass is 369 g/mol. The van der Waals surface area contributed by atoms with E-state index in [9.17, 15) is 0 Å². The van der Waals surface area contributed by atoms with Crippen molar-refractivity contribution >= 4 is 27.4 Å². The summed E-state index contributed by atoms with van der Waals surface area (Å²) in [7, 11) is 0. The second-order valence-electron chi connectivity index (χ2n) is 6.13. The third-order valence-corrected chi connectivity index (χ3v) is 5.33. The lowest BCUT2D eigenvalue weighted by Crippen LogP contribution is -2.05. The topological polar surface area (TPSA) is 69.6 Å². The molecule has 0 bridgehead atoms. The van der Waals surface area contributed by atoms with Gasteiger partial charge in [-0.15, -0.1) is 11.3 Å². The summed E-state index contributed by atoms with van der Waals surface area (Å²) in [5, 5.41) is 7.79. The van der Waals surface area contributed by atoms with Crippen molar-refractivity contribution in [3.05, 3.63) is 78.4 Å². The van der Waals surface area contributed by atoms with E-state index >= 15 is 0 Å². The van der Waals surface area contributed by atoms with Gasteiger partial charge in [-0.2, -0.15) is 9.78 Å². The van der Waals surface area contributed by atoms with Gasteiger partial charge in [0.15, 0.2) is 5.82 Å². The van der Waals surface area contributed by atoms with Crippen LogP contribution in [0.1, 0.15) is 0 Å². The predicted molar refractivity (Wildman–Crippen MR) is 110 cm³/mol. The van der Waals surface area contributed by atoms with Gasteiger partial charge in [0.1, 0.15) is 17.0 Å². The fraction of sp³-hybridized carbons (Fsp3) is 0. The first-order chi connectivity index (χ1) is 13.3. The van der Waals surface area contributed by atoms with Gasteiger partial charge in [-0.1, -0.05) is 60.7 Å². The normalized spacial score (nSPS) is 11.1. The molecule has 0 aliphatic rings. The highest BCUT2D eigenvalue weighted by Gasteiger charge is 2.17. The van der Waals surface area contributed by atoms with Gasteiger partial charge in [-0.25, -0.2) is 9.97 Å². The smallest absolute Gasteiger partial charge is 0.168 e. The molecule has 5 nitrogen and oxygen atoms in total. The Labute approximate surface area is 159 Å². The van der Waals surface area contributed by atoms with E-state index in [0.717, 1.165) is 32.6 Å². The lowest BCUT2D eigenvalue weighted by atomic mass is 10.1. The summed E-state index contributed by atoms with van der Waals surface area (Å²) in [5.74, 6) is 1.24. The van der Waals surface area contributed by atoms with Gasteiger partial charge in [0, 0.05) is 22.6 Å². The molecule has 0 aliphatic heterocycles. The molecular weight excluding hydrogens is 354 g/mol. The van der Waals surface area contributed by atoms with E-state index in [0.29, 0.717) is 11.6 Å². The largest absolute Gasteiger partial charge is 0.384 e. The van der Waals surface area contributed by atoms with Crippen LogP contribution in [0.15, 0.2) is 78.4 Å². The van der Waals surface area contributed by atoms with Crippen LogP contribution >= 0.6 is 11.3 Å². The van der Waals surface area contributed by atoms with Crippen molar-refractivity contribution < 1.29 is 0 Å². The molecule has 5 rings (SSSR count). The fourth-order valence-corrected chi connectivity index (χ4v) is 4.08. The zero-order valence-corrected chi connectivity index (χ0v) is 15.1. The second-order valence-corrected chi connectivity index (χ2v) is 6.98. The van der Waals surface area contributed by atoms with Gasteiger partial charge < -0.3 is 5.73 Å². The molecule has 2 aromatic carbocycles. The second kappa shape index (κ2) is 6.34. The maximum absolute atomic E-state index is 6.30. The Kier molecular flexibility index (Phi) is 3.69. The minimum Gasteiger partial charge on any atom is -0.384 e. The van der Waals surface area contributed by atoms with Gasteiger partial charge in [0.2, 0.25) is 0 Å². The first-order valence-electron chi connectivity index (χ1n) is 8.50. The van der Waals surface area contributed by atoms with E-state index in [4.69, 9.17) is 10.8 Å². The number of thiophene rings is 1. The molecule has 0 saturated carbocycles. The van der Waals surface area contributed by atoms with Crippen molar-refractivity contribution in [1.29, 1.82) is 0 Å². The standard InChI is InChI=1S/C21H15N5S/c22-18-11-17(15-9-5-2-6-10-15)25-26(18)20-19-16(14-7-3-1-4-8-14)12-27-21(19)24-13-23-20/h1-13H,22H2. The number of rotatable bonds is 3. The number of nitrogens with two attached hydrogens (primary N) is 1. The van der Waals surface area contributed by atoms with Crippen LogP contribution < -0.4 is 5.73 Å². The van der Waals surface area contributed by atoms with E-state index < -0.39 is 0 Å². The summed E-state index contributed by atoms with van der Waals surface area (Å²) >= 11 is 1.59. The Morgan fingerprint density at radius 2 is 1.56 bits per heavy atom. The SMILES string of the molecule is Nc1cc(-c2ccccc2)nn1-c1ncnc2scc(-c3ccccc3)c12. The molecule has 0 fully saturated rings. The Balaban J connectivity index is 1.73. The van der Waals surface area contributed by atoms with E-state index in [1.807, 2.05) is 54.6 Å². The van der Waals surface area contributed by atoms with Crippen LogP contribution in [0.5, 0.6) is 0 Å². The van der Waals surface area contributed by atoms with Crippen LogP contribution in [0.3, 0.4) is 0 Å². The molecule has 0 aliphatic carbocycles. The average Bonchev–Trinajstić information content (AvgIpc) is 3.33. The molecule has 0 amide bonds. The highest BCUT2D eigenvalue weighted by Crippen LogP contribution is 2.36. The van der Waals surface area contributed by atoms with Gasteiger partial charge in [-0.05, 0) is 5.56 Å². The number of anilines is 1. The molecule has 2 N–H and O–H groups in total. The molecule has 130 valence electrons. The number of hydrogen-bond acceptors (Lipinski definition) is 5. The molecular formula is C21H15N5S. The summed E-state index contributed by atoms with van der Waals surface area (Å²) in [5.41, 5.74) is 10.3. The van der Waals surface area contributed by atoms with Gasteiger partial charge in [-0.3, -0.25) is 0 Å². The maximum Gasteiger partial charge on any atom is 0.168 e. The molecule has 0 unspecified atom stereocenters. The first kappa shape index (κ1) is 15.7. The molecule has 0 atom stereocenters. The lowest BCUT2D eigenvalue weighted by Gasteiger charge is -2.07. The zero-order valence-electron chi connectivity index (χ0n) is 14.3. The van der Waals surface area contributed by atoms with Crippen LogP contribution in [-0.2, 0) is 0 Å². The zero-order chi connectivity index (χ0) is 18.2. The van der Waals surface area contributed by atoms with Crippen molar-refractivity contribution in [2.45, 2.75) is 0 Å². The number of fused-ring (bicyclic) bond motifs is 1. The highest BCUT2D eigenvalue weighted by atomic mass is 32.1. The molecule has 0 spiro atoms. The van der Waals surface area contributed by atoms with E-state index in [-0.39, 0.29) is 0 Å². The van der Waals surface area contributed by atoms with E-state index in [1.54, 1.807) is 22.3 Å². The third-order valence-electron chi connectivity index (χ3n) is 4.44. The summed E-state index contributed by atoms with van der Waals surface area (Å²) in [6.07, 6.45) is 1.56. The predicted octanol–water partition coefficient (Wildman–Crippen LogP) is 4.79. The van der Waals surface area contributed by atoms with E-state index in [2.05, 4.69) is 27.5 Å². The average molecular weight is 369 g/mol. The van der Waals surface area contributed by atoms with Crippen molar-refractivity contribution in [2.24, 2.45) is 0 Å². The number of hydrogen-bond donors (Lipinski definition) is 1. The molecule has 0 saturated heterocycles. The van der Waals surface area contributed by atoms with Crippen molar-refractivity contribution in [2.75, 3.05) is 5.73 Å². The Morgan fingerprint density at radius 1 is 0.852 bits per heavy atom. The minimum atomic E-state index is 0.541.